The highest BCUT2D eigenvalue weighted by Crippen LogP contribution is 2.17. The van der Waals surface area contributed by atoms with E-state index in [0.717, 1.165) is 0 Å². The lowest BCUT2D eigenvalue weighted by Crippen LogP contribution is -2.50. The summed E-state index contributed by atoms with van der Waals surface area (Å²) in [6.07, 6.45) is 1.81. The molecule has 5 nitrogen and oxygen atoms in total. The van der Waals surface area contributed by atoms with Gasteiger partial charge in [0, 0.05) is 17.3 Å². The number of aromatic nitrogens is 1. The fourth-order valence-electron chi connectivity index (χ4n) is 1.63. The second-order valence-electron chi connectivity index (χ2n) is 4.46. The molecule has 1 unspecified atom stereocenters. The first-order valence-electron chi connectivity index (χ1n) is 6.48. The van der Waals surface area contributed by atoms with Crippen molar-refractivity contribution >= 4 is 17.5 Å². The van der Waals surface area contributed by atoms with Gasteiger partial charge in [-0.15, -0.1) is 0 Å². The summed E-state index contributed by atoms with van der Waals surface area (Å²) in [6.45, 7) is 5.32. The van der Waals surface area contributed by atoms with E-state index in [1.807, 2.05) is 13.8 Å². The molecule has 1 aromatic heterocycles. The number of nitriles is 1. The van der Waals surface area contributed by atoms with Gasteiger partial charge in [0.2, 0.25) is 5.88 Å². The lowest BCUT2D eigenvalue weighted by Gasteiger charge is -2.26. The Kier molecular flexibility index (Phi) is 5.78. The monoisotopic (exact) mass is 295 g/mol. The molecule has 0 saturated carbocycles. The second-order valence-corrected chi connectivity index (χ2v) is 4.90. The third-order valence-corrected chi connectivity index (χ3v) is 3.38. The highest BCUT2D eigenvalue weighted by atomic mass is 35.5. The fourth-order valence-corrected chi connectivity index (χ4v) is 1.78. The van der Waals surface area contributed by atoms with Crippen LogP contribution in [-0.4, -0.2) is 22.5 Å². The van der Waals surface area contributed by atoms with Crippen molar-refractivity contribution < 1.29 is 9.53 Å². The molecule has 1 aromatic rings. The summed E-state index contributed by atoms with van der Waals surface area (Å²) in [5, 5.41) is 12.4. The minimum Gasteiger partial charge on any atom is -0.464 e. The van der Waals surface area contributed by atoms with Gasteiger partial charge < -0.3 is 10.1 Å². The standard InChI is InChI=1S/C14H18ClN3O2/c1-4-14(5-2,9-16)18-13(19)10(3)20-12-8-11(15)6-7-17-12/h6-8,10H,4-5H2,1-3H3,(H,18,19). The zero-order chi connectivity index (χ0) is 15.2. The summed E-state index contributed by atoms with van der Waals surface area (Å²) < 4.78 is 5.42. The van der Waals surface area contributed by atoms with E-state index in [4.69, 9.17) is 16.3 Å². The van der Waals surface area contributed by atoms with E-state index in [2.05, 4.69) is 16.4 Å². The molecule has 0 fully saturated rings. The third kappa shape index (κ3) is 4.10. The second kappa shape index (κ2) is 7.11. The molecule has 0 aliphatic carbocycles. The molecule has 1 atom stereocenters. The van der Waals surface area contributed by atoms with Gasteiger partial charge >= 0.3 is 0 Å². The van der Waals surface area contributed by atoms with Crippen LogP contribution in [0, 0.1) is 11.3 Å². The highest BCUT2D eigenvalue weighted by molar-refractivity contribution is 6.30. The number of rotatable bonds is 6. The number of carbonyl (C=O) groups is 1. The largest absolute Gasteiger partial charge is 0.464 e. The molecule has 0 aromatic carbocycles. The van der Waals surface area contributed by atoms with Crippen LogP contribution in [0.2, 0.25) is 5.02 Å². The Hall–Kier alpha value is -1.80. The lowest BCUT2D eigenvalue weighted by atomic mass is 9.94. The van der Waals surface area contributed by atoms with Gasteiger partial charge in [-0.05, 0) is 25.8 Å². The summed E-state index contributed by atoms with van der Waals surface area (Å²) in [5.74, 6) is -0.0762. The van der Waals surface area contributed by atoms with Crippen LogP contribution in [-0.2, 0) is 4.79 Å². The van der Waals surface area contributed by atoms with Crippen LogP contribution in [0.25, 0.3) is 0 Å². The average Bonchev–Trinajstić information content (AvgIpc) is 2.44. The molecular formula is C14H18ClN3O2. The van der Waals surface area contributed by atoms with Gasteiger partial charge in [-0.3, -0.25) is 4.79 Å². The van der Waals surface area contributed by atoms with Gasteiger partial charge in [0.1, 0.15) is 5.54 Å². The van der Waals surface area contributed by atoms with Crippen molar-refractivity contribution in [2.75, 3.05) is 0 Å². The first kappa shape index (κ1) is 16.3. The predicted molar refractivity (Wildman–Crippen MR) is 76.4 cm³/mol. The number of hydrogen-bond donors (Lipinski definition) is 1. The third-order valence-electron chi connectivity index (χ3n) is 3.15. The molecular weight excluding hydrogens is 278 g/mol. The van der Waals surface area contributed by atoms with E-state index in [0.29, 0.717) is 17.9 Å². The van der Waals surface area contributed by atoms with Crippen molar-refractivity contribution in [3.05, 3.63) is 23.4 Å². The van der Waals surface area contributed by atoms with Gasteiger partial charge in [0.15, 0.2) is 6.10 Å². The topological polar surface area (TPSA) is 75.0 Å². The van der Waals surface area contributed by atoms with Gasteiger partial charge in [-0.1, -0.05) is 25.4 Å². The van der Waals surface area contributed by atoms with Crippen molar-refractivity contribution in [3.8, 4) is 11.9 Å². The first-order valence-corrected chi connectivity index (χ1v) is 6.85. The van der Waals surface area contributed by atoms with E-state index in [1.54, 1.807) is 13.0 Å². The molecule has 0 aliphatic rings. The van der Waals surface area contributed by atoms with Crippen LogP contribution in [0.1, 0.15) is 33.6 Å². The molecule has 0 saturated heterocycles. The Labute approximate surface area is 123 Å². The molecule has 0 spiro atoms. The number of amides is 1. The maximum absolute atomic E-state index is 12.1. The smallest absolute Gasteiger partial charge is 0.262 e. The Morgan fingerprint density at radius 2 is 2.25 bits per heavy atom. The zero-order valence-corrected chi connectivity index (χ0v) is 12.6. The molecule has 0 aliphatic heterocycles. The molecule has 1 heterocycles. The average molecular weight is 296 g/mol. The summed E-state index contributed by atoms with van der Waals surface area (Å²) >= 11 is 5.82. The molecule has 6 heteroatoms. The van der Waals surface area contributed by atoms with Crippen LogP contribution in [0.5, 0.6) is 5.88 Å². The zero-order valence-electron chi connectivity index (χ0n) is 11.8. The molecule has 108 valence electrons. The van der Waals surface area contributed by atoms with Crippen LogP contribution in [0.4, 0.5) is 0 Å². The Bertz CT molecular complexity index is 509. The van der Waals surface area contributed by atoms with Crippen LogP contribution in [0.15, 0.2) is 18.3 Å². The number of nitrogens with one attached hydrogen (secondary N) is 1. The van der Waals surface area contributed by atoms with E-state index >= 15 is 0 Å². The number of ether oxygens (including phenoxy) is 1. The van der Waals surface area contributed by atoms with Gasteiger partial charge in [0.05, 0.1) is 6.07 Å². The van der Waals surface area contributed by atoms with Gasteiger partial charge in [0.25, 0.3) is 5.91 Å². The van der Waals surface area contributed by atoms with E-state index in [-0.39, 0.29) is 11.8 Å². The van der Waals surface area contributed by atoms with E-state index < -0.39 is 11.6 Å². The normalized spacial score (nSPS) is 12.3. The van der Waals surface area contributed by atoms with Crippen LogP contribution in [0.3, 0.4) is 0 Å². The van der Waals surface area contributed by atoms with Crippen molar-refractivity contribution in [1.82, 2.24) is 10.3 Å². The number of halogens is 1. The number of hydrogen-bond acceptors (Lipinski definition) is 4. The van der Waals surface area contributed by atoms with Crippen molar-refractivity contribution in [2.24, 2.45) is 0 Å². The lowest BCUT2D eigenvalue weighted by molar-refractivity contribution is -0.128. The van der Waals surface area contributed by atoms with Gasteiger partial charge in [-0.25, -0.2) is 4.98 Å². The number of carbonyl (C=O) groups excluding carboxylic acids is 1. The number of pyridine rings is 1. The minimum absolute atomic E-state index is 0.274. The van der Waals surface area contributed by atoms with Crippen molar-refractivity contribution in [3.63, 3.8) is 0 Å². The Morgan fingerprint density at radius 1 is 1.60 bits per heavy atom. The molecule has 20 heavy (non-hydrogen) atoms. The quantitative estimate of drug-likeness (QED) is 0.875. The molecule has 0 bridgehead atoms. The van der Waals surface area contributed by atoms with Gasteiger partial charge in [-0.2, -0.15) is 5.26 Å². The van der Waals surface area contributed by atoms with Crippen LogP contribution < -0.4 is 10.1 Å². The van der Waals surface area contributed by atoms with Crippen molar-refractivity contribution in [1.29, 1.82) is 5.26 Å². The molecule has 1 rings (SSSR count). The predicted octanol–water partition coefficient (Wildman–Crippen LogP) is 2.70. The maximum atomic E-state index is 12.1. The highest BCUT2D eigenvalue weighted by Gasteiger charge is 2.30. The first-order chi connectivity index (χ1) is 9.46. The molecule has 1 amide bonds. The Morgan fingerprint density at radius 3 is 2.75 bits per heavy atom. The summed E-state index contributed by atoms with van der Waals surface area (Å²) in [4.78, 5) is 16.0. The molecule has 1 N–H and O–H groups in total. The summed E-state index contributed by atoms with van der Waals surface area (Å²) in [5.41, 5.74) is -0.851. The summed E-state index contributed by atoms with van der Waals surface area (Å²) in [6, 6.07) is 5.30. The van der Waals surface area contributed by atoms with E-state index in [1.165, 1.54) is 12.3 Å². The summed E-state index contributed by atoms with van der Waals surface area (Å²) in [7, 11) is 0. The fraction of sp³-hybridized carbons (Fsp3) is 0.500. The number of nitrogens with zero attached hydrogens (tertiary/aromatic N) is 2. The molecule has 0 radical (unpaired) electrons. The SMILES string of the molecule is CCC(C#N)(CC)NC(=O)C(C)Oc1cc(Cl)ccn1. The van der Waals surface area contributed by atoms with Crippen LogP contribution >= 0.6 is 11.6 Å². The Balaban J connectivity index is 2.71. The van der Waals surface area contributed by atoms with E-state index in [9.17, 15) is 10.1 Å². The minimum atomic E-state index is -0.851. The maximum Gasteiger partial charge on any atom is 0.262 e. The van der Waals surface area contributed by atoms with Crippen molar-refractivity contribution in [2.45, 2.75) is 45.3 Å².